The fourth-order valence-corrected chi connectivity index (χ4v) is 2.90. The van der Waals surface area contributed by atoms with Crippen molar-refractivity contribution in [3.05, 3.63) is 66.5 Å². The summed E-state index contributed by atoms with van der Waals surface area (Å²) in [6.45, 7) is 0. The summed E-state index contributed by atoms with van der Waals surface area (Å²) in [5.41, 5.74) is 6.07. The zero-order chi connectivity index (χ0) is 13.7. The third kappa shape index (κ3) is 1.42. The monoisotopic (exact) mass is 261 g/mol. The van der Waals surface area contributed by atoms with E-state index in [4.69, 9.17) is 5.73 Å². The average molecular weight is 261 g/mol. The first kappa shape index (κ1) is 11.2. The van der Waals surface area contributed by atoms with Crippen molar-refractivity contribution < 1.29 is 4.39 Å². The molecule has 0 unspecified atom stereocenters. The minimum Gasteiger partial charge on any atom is -0.396 e. The number of nitrogen functional groups attached to an aromatic ring is 1. The van der Waals surface area contributed by atoms with Crippen LogP contribution in [-0.4, -0.2) is 0 Å². The van der Waals surface area contributed by atoms with Gasteiger partial charge in [-0.1, -0.05) is 54.6 Å². The number of benzene rings is 4. The number of rotatable bonds is 0. The van der Waals surface area contributed by atoms with Gasteiger partial charge in [-0.3, -0.25) is 0 Å². The first-order valence-corrected chi connectivity index (χ1v) is 6.54. The summed E-state index contributed by atoms with van der Waals surface area (Å²) < 4.78 is 13.6. The van der Waals surface area contributed by atoms with E-state index in [-0.39, 0.29) is 11.5 Å². The van der Waals surface area contributed by atoms with Crippen molar-refractivity contribution in [3.8, 4) is 0 Å². The highest BCUT2D eigenvalue weighted by molar-refractivity contribution is 6.18. The summed E-state index contributed by atoms with van der Waals surface area (Å²) in [6, 6.07) is 19.6. The van der Waals surface area contributed by atoms with Crippen LogP contribution >= 0.6 is 0 Å². The lowest BCUT2D eigenvalue weighted by atomic mass is 9.96. The first-order chi connectivity index (χ1) is 9.75. The van der Waals surface area contributed by atoms with Crippen LogP contribution in [0.2, 0.25) is 0 Å². The zero-order valence-corrected chi connectivity index (χ0v) is 10.7. The molecule has 0 atom stereocenters. The number of nitrogens with two attached hydrogens (primary N) is 1. The Balaban J connectivity index is 2.26. The minimum absolute atomic E-state index is 0.220. The Bertz CT molecular complexity index is 973. The molecule has 4 aromatic carbocycles. The van der Waals surface area contributed by atoms with Crippen LogP contribution in [0, 0.1) is 5.82 Å². The highest BCUT2D eigenvalue weighted by Crippen LogP contribution is 2.34. The Hall–Kier alpha value is -2.61. The summed E-state index contributed by atoms with van der Waals surface area (Å²) in [6.07, 6.45) is 0. The van der Waals surface area contributed by atoms with E-state index in [0.29, 0.717) is 0 Å². The third-order valence-electron chi connectivity index (χ3n) is 3.91. The molecule has 2 heteroatoms. The Morgan fingerprint density at radius 1 is 0.600 bits per heavy atom. The van der Waals surface area contributed by atoms with Crippen molar-refractivity contribution in [1.29, 1.82) is 0 Å². The number of fused-ring (bicyclic) bond motifs is 5. The third-order valence-corrected chi connectivity index (χ3v) is 3.91. The molecule has 0 heterocycles. The maximum atomic E-state index is 13.6. The molecule has 0 saturated carbocycles. The zero-order valence-electron chi connectivity index (χ0n) is 10.7. The smallest absolute Gasteiger partial charge is 0.146 e. The number of hydrogen-bond acceptors (Lipinski definition) is 1. The van der Waals surface area contributed by atoms with Crippen molar-refractivity contribution >= 4 is 38.0 Å². The van der Waals surface area contributed by atoms with Crippen molar-refractivity contribution in [2.24, 2.45) is 0 Å². The van der Waals surface area contributed by atoms with Crippen molar-refractivity contribution in [1.82, 2.24) is 0 Å². The van der Waals surface area contributed by atoms with Gasteiger partial charge in [-0.05, 0) is 33.0 Å². The average Bonchev–Trinajstić information content (AvgIpc) is 2.50. The van der Waals surface area contributed by atoms with Crippen LogP contribution in [0.25, 0.3) is 32.3 Å². The number of halogens is 1. The summed E-state index contributed by atoms with van der Waals surface area (Å²) >= 11 is 0. The lowest BCUT2D eigenvalue weighted by Crippen LogP contribution is -1.92. The van der Waals surface area contributed by atoms with E-state index in [0.717, 1.165) is 16.2 Å². The maximum Gasteiger partial charge on any atom is 0.146 e. The van der Waals surface area contributed by atoms with Crippen LogP contribution in [0.5, 0.6) is 0 Å². The number of hydrogen-bond donors (Lipinski definition) is 1. The minimum atomic E-state index is -0.363. The molecule has 0 amide bonds. The second-order valence-corrected chi connectivity index (χ2v) is 5.00. The van der Waals surface area contributed by atoms with Crippen molar-refractivity contribution in [2.75, 3.05) is 5.73 Å². The lowest BCUT2D eigenvalue weighted by Gasteiger charge is -2.09. The first-order valence-electron chi connectivity index (χ1n) is 6.54. The fraction of sp³-hybridized carbons (Fsp3) is 0. The summed E-state index contributed by atoms with van der Waals surface area (Å²) in [4.78, 5) is 0. The Labute approximate surface area is 115 Å². The van der Waals surface area contributed by atoms with Crippen molar-refractivity contribution in [3.63, 3.8) is 0 Å². The van der Waals surface area contributed by atoms with Crippen LogP contribution in [0.1, 0.15) is 0 Å². The molecule has 0 aliphatic rings. The summed E-state index contributed by atoms with van der Waals surface area (Å²) in [5.74, 6) is -0.363. The van der Waals surface area contributed by atoms with Gasteiger partial charge in [0.2, 0.25) is 0 Å². The lowest BCUT2D eigenvalue weighted by molar-refractivity contribution is 0.634. The van der Waals surface area contributed by atoms with Gasteiger partial charge in [0, 0.05) is 5.39 Å². The molecule has 0 saturated heterocycles. The van der Waals surface area contributed by atoms with E-state index in [1.165, 1.54) is 22.2 Å². The molecular weight excluding hydrogens is 249 g/mol. The molecule has 4 aromatic rings. The molecule has 0 fully saturated rings. The van der Waals surface area contributed by atoms with Gasteiger partial charge >= 0.3 is 0 Å². The van der Waals surface area contributed by atoms with E-state index < -0.39 is 0 Å². The van der Waals surface area contributed by atoms with Crippen molar-refractivity contribution in [2.45, 2.75) is 0 Å². The molecule has 0 aliphatic heterocycles. The molecule has 0 spiro atoms. The normalized spacial score (nSPS) is 11.4. The van der Waals surface area contributed by atoms with Gasteiger partial charge in [0.05, 0.1) is 5.69 Å². The number of anilines is 1. The molecular formula is C18H12FN. The van der Waals surface area contributed by atoms with Gasteiger partial charge in [-0.2, -0.15) is 0 Å². The summed E-state index contributed by atoms with van der Waals surface area (Å²) in [7, 11) is 0. The van der Waals surface area contributed by atoms with E-state index in [1.807, 2.05) is 24.3 Å². The second-order valence-electron chi connectivity index (χ2n) is 5.00. The van der Waals surface area contributed by atoms with Gasteiger partial charge < -0.3 is 5.73 Å². The highest BCUT2D eigenvalue weighted by Gasteiger charge is 2.08. The van der Waals surface area contributed by atoms with Crippen LogP contribution < -0.4 is 5.73 Å². The van der Waals surface area contributed by atoms with Crippen LogP contribution in [0.3, 0.4) is 0 Å². The van der Waals surface area contributed by atoms with E-state index in [9.17, 15) is 4.39 Å². The van der Waals surface area contributed by atoms with Gasteiger partial charge in [-0.25, -0.2) is 4.39 Å². The second kappa shape index (κ2) is 3.94. The molecule has 20 heavy (non-hydrogen) atoms. The molecule has 4 rings (SSSR count). The largest absolute Gasteiger partial charge is 0.396 e. The molecule has 0 aliphatic carbocycles. The SMILES string of the molecule is Nc1c(F)ccc2c1ccc1c3ccccc3ccc21. The molecule has 0 radical (unpaired) electrons. The van der Waals surface area contributed by atoms with E-state index in [1.54, 1.807) is 6.07 Å². The predicted molar refractivity (Wildman–Crippen MR) is 83.3 cm³/mol. The molecule has 0 bridgehead atoms. The maximum absolute atomic E-state index is 13.6. The topological polar surface area (TPSA) is 26.0 Å². The molecule has 0 aromatic heterocycles. The Morgan fingerprint density at radius 3 is 2.10 bits per heavy atom. The van der Waals surface area contributed by atoms with Gasteiger partial charge in [0.1, 0.15) is 5.82 Å². The molecule has 96 valence electrons. The highest BCUT2D eigenvalue weighted by atomic mass is 19.1. The van der Waals surface area contributed by atoms with E-state index in [2.05, 4.69) is 24.3 Å². The van der Waals surface area contributed by atoms with Gasteiger partial charge in [-0.15, -0.1) is 0 Å². The molecule has 1 nitrogen and oxygen atoms in total. The quantitative estimate of drug-likeness (QED) is 0.355. The van der Waals surface area contributed by atoms with E-state index >= 15 is 0 Å². The van der Waals surface area contributed by atoms with Crippen LogP contribution in [-0.2, 0) is 0 Å². The molecule has 2 N–H and O–H groups in total. The fourth-order valence-electron chi connectivity index (χ4n) is 2.90. The Morgan fingerprint density at radius 2 is 1.20 bits per heavy atom. The van der Waals surface area contributed by atoms with Gasteiger partial charge in [0.25, 0.3) is 0 Å². The standard InChI is InChI=1S/C18H12FN/c19-17-10-9-15-14-6-5-11-3-1-2-4-12(11)13(14)7-8-16(15)18(17)20/h1-10H,20H2. The van der Waals surface area contributed by atoms with Gasteiger partial charge in [0.15, 0.2) is 0 Å². The van der Waals surface area contributed by atoms with Crippen LogP contribution in [0.15, 0.2) is 60.7 Å². The Kier molecular flexibility index (Phi) is 2.21. The van der Waals surface area contributed by atoms with Crippen LogP contribution in [0.4, 0.5) is 10.1 Å². The predicted octanol–water partition coefficient (Wildman–Crippen LogP) is 4.87. The summed E-state index contributed by atoms with van der Waals surface area (Å²) in [5, 5.41) is 6.44.